The molecule has 1 atom stereocenters. The van der Waals surface area contributed by atoms with Crippen LogP contribution in [0.4, 0.5) is 11.8 Å². The lowest BCUT2D eigenvalue weighted by molar-refractivity contribution is 0.100. The van der Waals surface area contributed by atoms with Crippen molar-refractivity contribution in [2.24, 2.45) is 11.5 Å². The predicted octanol–water partition coefficient (Wildman–Crippen LogP) is 0.299. The lowest BCUT2D eigenvalue weighted by Crippen LogP contribution is -2.30. The van der Waals surface area contributed by atoms with E-state index in [1.165, 1.54) is 12.6 Å². The van der Waals surface area contributed by atoms with Gasteiger partial charge in [0.2, 0.25) is 5.95 Å². The number of hydrogen-bond acceptors (Lipinski definition) is 6. The lowest BCUT2D eigenvalue weighted by atomic mass is 9.93. The van der Waals surface area contributed by atoms with E-state index in [1.807, 2.05) is 6.92 Å². The second-order valence-corrected chi connectivity index (χ2v) is 4.95. The second-order valence-electron chi connectivity index (χ2n) is 4.95. The molecular formula is C12H20N6O. The van der Waals surface area contributed by atoms with Crippen LogP contribution in [0.1, 0.15) is 36.5 Å². The Labute approximate surface area is 112 Å². The molecule has 1 heterocycles. The van der Waals surface area contributed by atoms with Crippen molar-refractivity contribution in [2.75, 3.05) is 17.2 Å². The Morgan fingerprint density at radius 1 is 1.58 bits per heavy atom. The zero-order valence-corrected chi connectivity index (χ0v) is 11.0. The Morgan fingerprint density at radius 3 is 2.84 bits per heavy atom. The normalized spacial score (nSPS) is 16.5. The summed E-state index contributed by atoms with van der Waals surface area (Å²) in [5, 5.41) is 6.25. The Hall–Kier alpha value is -1.89. The van der Waals surface area contributed by atoms with Crippen molar-refractivity contribution in [3.63, 3.8) is 0 Å². The quantitative estimate of drug-likeness (QED) is 0.586. The first-order chi connectivity index (χ1) is 9.06. The van der Waals surface area contributed by atoms with Crippen LogP contribution in [0.3, 0.4) is 0 Å². The molecule has 1 aliphatic carbocycles. The van der Waals surface area contributed by atoms with E-state index in [4.69, 9.17) is 11.5 Å². The molecule has 0 aromatic carbocycles. The fourth-order valence-electron chi connectivity index (χ4n) is 1.76. The molecule has 1 fully saturated rings. The van der Waals surface area contributed by atoms with Gasteiger partial charge in [-0.25, -0.2) is 4.98 Å². The van der Waals surface area contributed by atoms with E-state index in [2.05, 4.69) is 20.6 Å². The molecule has 104 valence electrons. The SMILES string of the molecule is C[C@H](N)CNc1ncc(C(N)=O)c(NC2CCC2)n1. The van der Waals surface area contributed by atoms with Gasteiger partial charge in [-0.15, -0.1) is 0 Å². The summed E-state index contributed by atoms with van der Waals surface area (Å²) in [4.78, 5) is 19.7. The van der Waals surface area contributed by atoms with E-state index in [0.717, 1.165) is 12.8 Å². The maximum absolute atomic E-state index is 11.3. The van der Waals surface area contributed by atoms with E-state index in [0.29, 0.717) is 29.9 Å². The van der Waals surface area contributed by atoms with Crippen molar-refractivity contribution in [1.82, 2.24) is 9.97 Å². The second kappa shape index (κ2) is 5.83. The number of hydrogen-bond donors (Lipinski definition) is 4. The molecular weight excluding hydrogens is 244 g/mol. The molecule has 0 saturated heterocycles. The summed E-state index contributed by atoms with van der Waals surface area (Å²) in [6, 6.07) is 0.372. The summed E-state index contributed by atoms with van der Waals surface area (Å²) in [5.74, 6) is 0.420. The van der Waals surface area contributed by atoms with Gasteiger partial charge in [0.25, 0.3) is 5.91 Å². The molecule has 0 radical (unpaired) electrons. The van der Waals surface area contributed by atoms with Crippen LogP contribution in [-0.2, 0) is 0 Å². The van der Waals surface area contributed by atoms with Gasteiger partial charge in [0.1, 0.15) is 5.82 Å². The largest absolute Gasteiger partial charge is 0.367 e. The summed E-state index contributed by atoms with van der Waals surface area (Å²) < 4.78 is 0. The summed E-state index contributed by atoms with van der Waals surface area (Å²) in [7, 11) is 0. The number of carbonyl (C=O) groups excluding carboxylic acids is 1. The van der Waals surface area contributed by atoms with Gasteiger partial charge < -0.3 is 22.1 Å². The highest BCUT2D eigenvalue weighted by atomic mass is 16.1. The molecule has 7 heteroatoms. The number of rotatable bonds is 6. The summed E-state index contributed by atoms with van der Waals surface area (Å²) >= 11 is 0. The van der Waals surface area contributed by atoms with E-state index in [-0.39, 0.29) is 6.04 Å². The molecule has 1 amide bonds. The molecule has 7 nitrogen and oxygen atoms in total. The first-order valence-electron chi connectivity index (χ1n) is 6.49. The minimum absolute atomic E-state index is 0.00228. The molecule has 19 heavy (non-hydrogen) atoms. The van der Waals surface area contributed by atoms with Crippen LogP contribution < -0.4 is 22.1 Å². The number of nitrogens with one attached hydrogen (secondary N) is 2. The fraction of sp³-hybridized carbons (Fsp3) is 0.583. The van der Waals surface area contributed by atoms with Crippen molar-refractivity contribution in [3.8, 4) is 0 Å². The summed E-state index contributed by atoms with van der Waals surface area (Å²) in [6.45, 7) is 2.46. The maximum Gasteiger partial charge on any atom is 0.254 e. The third kappa shape index (κ3) is 3.54. The van der Waals surface area contributed by atoms with Crippen molar-refractivity contribution in [3.05, 3.63) is 11.8 Å². The zero-order valence-electron chi connectivity index (χ0n) is 11.0. The van der Waals surface area contributed by atoms with E-state index in [1.54, 1.807) is 0 Å². The van der Waals surface area contributed by atoms with Gasteiger partial charge in [-0.3, -0.25) is 4.79 Å². The van der Waals surface area contributed by atoms with Crippen LogP contribution in [0.15, 0.2) is 6.20 Å². The van der Waals surface area contributed by atoms with E-state index >= 15 is 0 Å². The van der Waals surface area contributed by atoms with E-state index < -0.39 is 5.91 Å². The van der Waals surface area contributed by atoms with Crippen molar-refractivity contribution >= 4 is 17.7 Å². The minimum atomic E-state index is -0.527. The molecule has 1 aliphatic rings. The van der Waals surface area contributed by atoms with Crippen molar-refractivity contribution < 1.29 is 4.79 Å². The van der Waals surface area contributed by atoms with Crippen LogP contribution >= 0.6 is 0 Å². The molecule has 1 aromatic heterocycles. The van der Waals surface area contributed by atoms with Gasteiger partial charge >= 0.3 is 0 Å². The van der Waals surface area contributed by atoms with Crippen LogP contribution in [0.25, 0.3) is 0 Å². The highest BCUT2D eigenvalue weighted by molar-refractivity contribution is 5.97. The molecule has 0 aliphatic heterocycles. The average molecular weight is 264 g/mol. The maximum atomic E-state index is 11.3. The zero-order chi connectivity index (χ0) is 13.8. The van der Waals surface area contributed by atoms with Crippen molar-refractivity contribution in [2.45, 2.75) is 38.3 Å². The number of primary amides is 1. The van der Waals surface area contributed by atoms with Gasteiger partial charge in [0.15, 0.2) is 0 Å². The third-order valence-electron chi connectivity index (χ3n) is 3.08. The Morgan fingerprint density at radius 2 is 2.32 bits per heavy atom. The highest BCUT2D eigenvalue weighted by Gasteiger charge is 2.21. The smallest absolute Gasteiger partial charge is 0.254 e. The Balaban J connectivity index is 2.14. The number of nitrogens with zero attached hydrogens (tertiary/aromatic N) is 2. The van der Waals surface area contributed by atoms with E-state index in [9.17, 15) is 4.79 Å². The van der Waals surface area contributed by atoms with Crippen LogP contribution in [0.5, 0.6) is 0 Å². The topological polar surface area (TPSA) is 119 Å². The molecule has 1 saturated carbocycles. The third-order valence-corrected chi connectivity index (χ3v) is 3.08. The number of aromatic nitrogens is 2. The molecule has 0 bridgehead atoms. The van der Waals surface area contributed by atoms with Crippen molar-refractivity contribution in [1.29, 1.82) is 0 Å². The first kappa shape index (κ1) is 13.5. The Bertz CT molecular complexity index is 458. The van der Waals surface area contributed by atoms with Gasteiger partial charge in [-0.05, 0) is 26.2 Å². The summed E-state index contributed by atoms with van der Waals surface area (Å²) in [5.41, 5.74) is 11.3. The molecule has 1 aromatic rings. The monoisotopic (exact) mass is 264 g/mol. The molecule has 6 N–H and O–H groups in total. The van der Waals surface area contributed by atoms with Crippen LogP contribution in [0.2, 0.25) is 0 Å². The number of nitrogens with two attached hydrogens (primary N) is 2. The number of anilines is 2. The van der Waals surface area contributed by atoms with Gasteiger partial charge in [-0.2, -0.15) is 4.98 Å². The number of amides is 1. The predicted molar refractivity (Wildman–Crippen MR) is 74.0 cm³/mol. The van der Waals surface area contributed by atoms with Gasteiger partial charge in [0.05, 0.1) is 5.56 Å². The molecule has 2 rings (SSSR count). The first-order valence-corrected chi connectivity index (χ1v) is 6.49. The van der Waals surface area contributed by atoms with Gasteiger partial charge in [0, 0.05) is 24.8 Å². The number of carbonyl (C=O) groups is 1. The average Bonchev–Trinajstić information content (AvgIpc) is 2.31. The minimum Gasteiger partial charge on any atom is -0.367 e. The lowest BCUT2D eigenvalue weighted by Gasteiger charge is -2.27. The molecule has 0 spiro atoms. The van der Waals surface area contributed by atoms with Crippen LogP contribution in [0, 0.1) is 0 Å². The van der Waals surface area contributed by atoms with Gasteiger partial charge in [-0.1, -0.05) is 0 Å². The summed E-state index contributed by atoms with van der Waals surface area (Å²) in [6.07, 6.45) is 4.82. The highest BCUT2D eigenvalue weighted by Crippen LogP contribution is 2.24. The standard InChI is InChI=1S/C12H20N6O/c1-7(13)5-15-12-16-6-9(10(14)19)11(18-12)17-8-3-2-4-8/h6-8H,2-5,13H2,1H3,(H2,14,19)(H2,15,16,17,18)/t7-/m0/s1. The molecule has 0 unspecified atom stereocenters. The fourth-order valence-corrected chi connectivity index (χ4v) is 1.76. The van der Waals surface area contributed by atoms with Crippen LogP contribution in [-0.4, -0.2) is 34.5 Å². The Kier molecular flexibility index (Phi) is 4.16.